The number of benzene rings is 1. The summed E-state index contributed by atoms with van der Waals surface area (Å²) < 4.78 is 0.649. The summed E-state index contributed by atoms with van der Waals surface area (Å²) in [6.45, 7) is 0.380. The van der Waals surface area contributed by atoms with Gasteiger partial charge in [-0.3, -0.25) is 14.9 Å². The predicted octanol–water partition coefficient (Wildman–Crippen LogP) is 2.23. The van der Waals surface area contributed by atoms with E-state index in [9.17, 15) is 14.9 Å². The Bertz CT molecular complexity index is 511. The van der Waals surface area contributed by atoms with E-state index in [0.717, 1.165) is 0 Å². The zero-order valence-corrected chi connectivity index (χ0v) is 11.5. The van der Waals surface area contributed by atoms with Crippen molar-refractivity contribution in [3.05, 3.63) is 37.4 Å². The van der Waals surface area contributed by atoms with Crippen molar-refractivity contribution >= 4 is 34.2 Å². The minimum atomic E-state index is -0.539. The third-order valence-electron chi connectivity index (χ3n) is 2.16. The van der Waals surface area contributed by atoms with Gasteiger partial charge in [0.25, 0.3) is 11.6 Å². The largest absolute Gasteiger partial charge is 0.352 e. The van der Waals surface area contributed by atoms with E-state index in [-0.39, 0.29) is 17.2 Å². The van der Waals surface area contributed by atoms with E-state index in [4.69, 9.17) is 5.26 Å². The van der Waals surface area contributed by atoms with Crippen LogP contribution in [0.5, 0.6) is 0 Å². The highest BCUT2D eigenvalue weighted by atomic mass is 127. The van der Waals surface area contributed by atoms with Crippen LogP contribution in [-0.2, 0) is 0 Å². The average molecular weight is 359 g/mol. The number of halogens is 1. The Balaban J connectivity index is 2.76. The number of nitrogens with zero attached hydrogens (tertiary/aromatic N) is 2. The van der Waals surface area contributed by atoms with Gasteiger partial charge in [-0.25, -0.2) is 0 Å². The summed E-state index contributed by atoms with van der Waals surface area (Å²) in [4.78, 5) is 21.9. The molecule has 0 saturated heterocycles. The number of nitrogens with one attached hydrogen (secondary N) is 1. The van der Waals surface area contributed by atoms with Crippen molar-refractivity contribution in [2.45, 2.75) is 12.8 Å². The summed E-state index contributed by atoms with van der Waals surface area (Å²) in [5.41, 5.74) is 0.166. The molecule has 0 bridgehead atoms. The molecule has 6 nitrogen and oxygen atoms in total. The molecular weight excluding hydrogens is 349 g/mol. The molecule has 0 aliphatic carbocycles. The number of nitro benzene ring substituents is 1. The number of unbranched alkanes of at least 4 members (excludes halogenated alkanes) is 1. The molecular formula is C11H10IN3O3. The molecule has 0 unspecified atom stereocenters. The molecule has 18 heavy (non-hydrogen) atoms. The topological polar surface area (TPSA) is 96.0 Å². The second-order valence-electron chi connectivity index (χ2n) is 3.44. The number of carbonyl (C=O) groups excluding carboxylic acids is 1. The minimum Gasteiger partial charge on any atom is -0.352 e. The first-order valence-electron chi connectivity index (χ1n) is 5.15. The molecule has 0 aliphatic heterocycles. The van der Waals surface area contributed by atoms with Gasteiger partial charge in [-0.05, 0) is 35.1 Å². The summed E-state index contributed by atoms with van der Waals surface area (Å²) in [6.07, 6.45) is 0.931. The zero-order valence-electron chi connectivity index (χ0n) is 9.35. The molecule has 0 aliphatic rings. The Morgan fingerprint density at radius 2 is 2.28 bits per heavy atom. The van der Waals surface area contributed by atoms with E-state index in [1.807, 2.05) is 28.7 Å². The van der Waals surface area contributed by atoms with Crippen molar-refractivity contribution in [2.24, 2.45) is 0 Å². The standard InChI is InChI=1S/C11H10IN3O3/c12-10-4-3-8(15(17)18)7-9(10)11(16)14-6-2-1-5-13/h3-4,7H,1-2,6H2,(H,14,16). The summed E-state index contributed by atoms with van der Waals surface area (Å²) in [5, 5.41) is 21.6. The highest BCUT2D eigenvalue weighted by Gasteiger charge is 2.14. The van der Waals surface area contributed by atoms with Gasteiger partial charge in [0.05, 0.1) is 16.6 Å². The molecule has 0 saturated carbocycles. The van der Waals surface area contributed by atoms with Crippen LogP contribution >= 0.6 is 22.6 Å². The molecule has 1 aromatic rings. The first-order chi connectivity index (χ1) is 8.56. The molecule has 1 rings (SSSR count). The van der Waals surface area contributed by atoms with Crippen LogP contribution in [0.15, 0.2) is 18.2 Å². The van der Waals surface area contributed by atoms with Gasteiger partial charge in [0.15, 0.2) is 0 Å². The van der Waals surface area contributed by atoms with Crippen LogP contribution in [-0.4, -0.2) is 17.4 Å². The lowest BCUT2D eigenvalue weighted by Crippen LogP contribution is -2.25. The third kappa shape index (κ3) is 3.96. The predicted molar refractivity (Wildman–Crippen MR) is 73.0 cm³/mol. The number of nitro groups is 1. The maximum absolute atomic E-state index is 11.8. The van der Waals surface area contributed by atoms with Crippen LogP contribution in [0.2, 0.25) is 0 Å². The summed E-state index contributed by atoms with van der Waals surface area (Å²) in [6, 6.07) is 6.11. The van der Waals surface area contributed by atoms with E-state index in [2.05, 4.69) is 5.32 Å². The highest BCUT2D eigenvalue weighted by Crippen LogP contribution is 2.19. The normalized spacial score (nSPS) is 9.56. The van der Waals surface area contributed by atoms with Crippen molar-refractivity contribution in [3.8, 4) is 6.07 Å². The highest BCUT2D eigenvalue weighted by molar-refractivity contribution is 14.1. The van der Waals surface area contributed by atoms with E-state index in [0.29, 0.717) is 23.0 Å². The van der Waals surface area contributed by atoms with E-state index < -0.39 is 4.92 Å². The first-order valence-corrected chi connectivity index (χ1v) is 6.23. The number of carbonyl (C=O) groups is 1. The molecule has 0 aromatic heterocycles. The fourth-order valence-corrected chi connectivity index (χ4v) is 1.85. The molecule has 0 heterocycles. The van der Waals surface area contributed by atoms with Gasteiger partial charge in [-0.15, -0.1) is 0 Å². The number of amides is 1. The molecule has 1 N–H and O–H groups in total. The molecule has 1 aromatic carbocycles. The van der Waals surface area contributed by atoms with E-state index in [1.165, 1.54) is 18.2 Å². The monoisotopic (exact) mass is 359 g/mol. The Labute approximate surface area is 117 Å². The maximum Gasteiger partial charge on any atom is 0.270 e. The van der Waals surface area contributed by atoms with Crippen LogP contribution in [0.25, 0.3) is 0 Å². The quantitative estimate of drug-likeness (QED) is 0.377. The van der Waals surface area contributed by atoms with Crippen molar-refractivity contribution in [2.75, 3.05) is 6.54 Å². The third-order valence-corrected chi connectivity index (χ3v) is 3.10. The number of hydrogen-bond donors (Lipinski definition) is 1. The Morgan fingerprint density at radius 3 is 2.89 bits per heavy atom. The molecule has 94 valence electrons. The van der Waals surface area contributed by atoms with Gasteiger partial charge in [-0.2, -0.15) is 5.26 Å². The number of hydrogen-bond acceptors (Lipinski definition) is 4. The fourth-order valence-electron chi connectivity index (χ4n) is 1.27. The lowest BCUT2D eigenvalue weighted by Gasteiger charge is -2.05. The fraction of sp³-hybridized carbons (Fsp3) is 0.273. The molecule has 0 atom stereocenters. The lowest BCUT2D eigenvalue weighted by atomic mass is 10.2. The Kier molecular flexibility index (Phi) is 5.51. The number of rotatable bonds is 5. The Morgan fingerprint density at radius 1 is 1.56 bits per heavy atom. The molecule has 0 fully saturated rings. The Hall–Kier alpha value is -1.69. The van der Waals surface area contributed by atoms with E-state index in [1.54, 1.807) is 0 Å². The van der Waals surface area contributed by atoms with Gasteiger partial charge in [0, 0.05) is 28.7 Å². The summed E-state index contributed by atoms with van der Waals surface area (Å²) >= 11 is 1.95. The van der Waals surface area contributed by atoms with Crippen LogP contribution in [0.1, 0.15) is 23.2 Å². The van der Waals surface area contributed by atoms with Gasteiger partial charge in [0.2, 0.25) is 0 Å². The SMILES string of the molecule is N#CCCCNC(=O)c1cc([N+](=O)[O-])ccc1I. The van der Waals surface area contributed by atoms with Gasteiger partial charge < -0.3 is 5.32 Å². The molecule has 0 spiro atoms. The maximum atomic E-state index is 11.8. The van der Waals surface area contributed by atoms with Crippen molar-refractivity contribution < 1.29 is 9.72 Å². The minimum absolute atomic E-state index is 0.113. The van der Waals surface area contributed by atoms with Crippen LogP contribution in [0.4, 0.5) is 5.69 Å². The van der Waals surface area contributed by atoms with Gasteiger partial charge >= 0.3 is 0 Å². The number of non-ortho nitro benzene ring substituents is 1. The summed E-state index contributed by atoms with van der Waals surface area (Å²) in [5.74, 6) is -0.360. The lowest BCUT2D eigenvalue weighted by molar-refractivity contribution is -0.384. The van der Waals surface area contributed by atoms with Crippen LogP contribution in [0.3, 0.4) is 0 Å². The van der Waals surface area contributed by atoms with Crippen LogP contribution in [0, 0.1) is 25.0 Å². The molecule has 1 amide bonds. The first kappa shape index (κ1) is 14.4. The van der Waals surface area contributed by atoms with Crippen molar-refractivity contribution in [1.29, 1.82) is 5.26 Å². The van der Waals surface area contributed by atoms with Crippen molar-refractivity contribution in [1.82, 2.24) is 5.32 Å². The molecule has 7 heteroatoms. The molecule has 0 radical (unpaired) electrons. The number of nitriles is 1. The van der Waals surface area contributed by atoms with Crippen LogP contribution < -0.4 is 5.32 Å². The van der Waals surface area contributed by atoms with Crippen molar-refractivity contribution in [3.63, 3.8) is 0 Å². The van der Waals surface area contributed by atoms with E-state index >= 15 is 0 Å². The van der Waals surface area contributed by atoms with Gasteiger partial charge in [-0.1, -0.05) is 0 Å². The smallest absolute Gasteiger partial charge is 0.270 e. The van der Waals surface area contributed by atoms with Gasteiger partial charge in [0.1, 0.15) is 0 Å². The zero-order chi connectivity index (χ0) is 13.5. The summed E-state index contributed by atoms with van der Waals surface area (Å²) in [7, 11) is 0. The second kappa shape index (κ2) is 6.90. The second-order valence-corrected chi connectivity index (χ2v) is 4.60. The average Bonchev–Trinajstić information content (AvgIpc) is 2.34.